The van der Waals surface area contributed by atoms with E-state index < -0.39 is 0 Å². The van der Waals surface area contributed by atoms with E-state index in [-0.39, 0.29) is 5.43 Å². The van der Waals surface area contributed by atoms with Crippen molar-refractivity contribution in [1.82, 2.24) is 9.55 Å². The summed E-state index contributed by atoms with van der Waals surface area (Å²) >= 11 is 0. The summed E-state index contributed by atoms with van der Waals surface area (Å²) in [7, 11) is 0. The van der Waals surface area contributed by atoms with E-state index in [0.717, 1.165) is 16.9 Å². The first kappa shape index (κ1) is 16.1. The Kier molecular flexibility index (Phi) is 4.23. The van der Waals surface area contributed by atoms with Crippen molar-refractivity contribution >= 4 is 11.0 Å². The highest BCUT2D eigenvalue weighted by molar-refractivity contribution is 5.78. The summed E-state index contributed by atoms with van der Waals surface area (Å²) in [6, 6.07) is 24.9. The number of para-hydroxylation sites is 1. The largest absolute Gasteiger partial charge is 0.474 e. The summed E-state index contributed by atoms with van der Waals surface area (Å²) in [6.45, 7) is 2.29. The molecule has 2 heterocycles. The number of aryl methyl sites for hydroxylation is 1. The number of pyridine rings is 2. The topological polar surface area (TPSA) is 44.1 Å². The van der Waals surface area contributed by atoms with Gasteiger partial charge >= 0.3 is 0 Å². The molecule has 0 spiro atoms. The molecule has 0 atom stereocenters. The van der Waals surface area contributed by atoms with Gasteiger partial charge in [0, 0.05) is 11.8 Å². The lowest BCUT2D eigenvalue weighted by Gasteiger charge is -2.17. The third-order valence-electron chi connectivity index (χ3n) is 4.21. The zero-order valence-electron chi connectivity index (χ0n) is 14.4. The second-order valence-electron chi connectivity index (χ2n) is 6.12. The Hall–Kier alpha value is -3.40. The number of rotatable bonds is 4. The third kappa shape index (κ3) is 3.09. The van der Waals surface area contributed by atoms with Crippen molar-refractivity contribution in [3.63, 3.8) is 0 Å². The molecule has 2 aromatic heterocycles. The van der Waals surface area contributed by atoms with Crippen molar-refractivity contribution in [3.8, 4) is 11.6 Å². The van der Waals surface area contributed by atoms with Crippen LogP contribution < -0.4 is 10.2 Å². The quantitative estimate of drug-likeness (QED) is 0.556. The Labute approximate surface area is 151 Å². The lowest BCUT2D eigenvalue weighted by molar-refractivity contribution is 0.287. The molecule has 0 aliphatic rings. The average molecular weight is 342 g/mol. The summed E-state index contributed by atoms with van der Waals surface area (Å²) < 4.78 is 7.92. The van der Waals surface area contributed by atoms with E-state index in [1.807, 2.05) is 84.3 Å². The van der Waals surface area contributed by atoms with Crippen LogP contribution in [0, 0.1) is 6.92 Å². The highest BCUT2D eigenvalue weighted by Gasteiger charge is 2.13. The maximum atomic E-state index is 12.6. The minimum absolute atomic E-state index is 0.0947. The van der Waals surface area contributed by atoms with Crippen LogP contribution in [0.3, 0.4) is 0 Å². The number of aromatic nitrogens is 2. The second-order valence-corrected chi connectivity index (χ2v) is 6.12. The summed E-state index contributed by atoms with van der Waals surface area (Å²) in [6.07, 6.45) is 0. The first-order valence-electron chi connectivity index (χ1n) is 8.48. The smallest absolute Gasteiger partial charge is 0.204 e. The minimum atomic E-state index is -0.0947. The summed E-state index contributed by atoms with van der Waals surface area (Å²) in [4.78, 5) is 17.2. The van der Waals surface area contributed by atoms with Crippen LogP contribution in [0.4, 0.5) is 0 Å². The van der Waals surface area contributed by atoms with Gasteiger partial charge in [-0.25, -0.2) is 4.98 Å². The molecule has 128 valence electrons. The average Bonchev–Trinajstić information content (AvgIpc) is 2.67. The first-order chi connectivity index (χ1) is 12.7. The molecule has 2 aromatic carbocycles. The van der Waals surface area contributed by atoms with E-state index in [0.29, 0.717) is 23.5 Å². The van der Waals surface area contributed by atoms with E-state index in [4.69, 9.17) is 4.74 Å². The predicted molar refractivity (Wildman–Crippen MR) is 103 cm³/mol. The molecule has 26 heavy (non-hydrogen) atoms. The number of benzene rings is 2. The van der Waals surface area contributed by atoms with Crippen molar-refractivity contribution in [2.75, 3.05) is 0 Å². The van der Waals surface area contributed by atoms with Crippen molar-refractivity contribution in [2.45, 2.75) is 13.5 Å². The molecule has 0 bridgehead atoms. The van der Waals surface area contributed by atoms with Gasteiger partial charge in [-0.15, -0.1) is 0 Å². The van der Waals surface area contributed by atoms with E-state index in [2.05, 4.69) is 4.98 Å². The molecule has 0 unspecified atom stereocenters. The zero-order valence-corrected chi connectivity index (χ0v) is 14.4. The highest BCUT2D eigenvalue weighted by Crippen LogP contribution is 2.23. The Bertz CT molecular complexity index is 1100. The standard InChI is InChI=1S/C22H18N2O2/c1-16-12-13-19-20(25)14-21(26-15-17-8-4-2-5-9-17)24(22(19)23-16)18-10-6-3-7-11-18/h2-14H,15H2,1H3. The lowest BCUT2D eigenvalue weighted by Crippen LogP contribution is -2.13. The number of ether oxygens (including phenoxy) is 1. The van der Waals surface area contributed by atoms with Gasteiger partial charge in [-0.1, -0.05) is 48.5 Å². The molecule has 4 nitrogen and oxygen atoms in total. The Morgan fingerprint density at radius 2 is 1.62 bits per heavy atom. The van der Waals surface area contributed by atoms with Gasteiger partial charge in [0.25, 0.3) is 0 Å². The Morgan fingerprint density at radius 1 is 0.923 bits per heavy atom. The lowest BCUT2D eigenvalue weighted by atomic mass is 10.2. The molecule has 0 saturated carbocycles. The van der Waals surface area contributed by atoms with Gasteiger partial charge in [0.2, 0.25) is 5.88 Å². The van der Waals surface area contributed by atoms with Crippen LogP contribution in [0.2, 0.25) is 0 Å². The molecule has 4 aromatic rings. The minimum Gasteiger partial charge on any atom is -0.474 e. The first-order valence-corrected chi connectivity index (χ1v) is 8.48. The molecule has 0 aliphatic carbocycles. The van der Waals surface area contributed by atoms with E-state index in [9.17, 15) is 4.79 Å². The van der Waals surface area contributed by atoms with Gasteiger partial charge < -0.3 is 4.74 Å². The molecule has 0 saturated heterocycles. The molecular formula is C22H18N2O2. The van der Waals surface area contributed by atoms with E-state index in [1.165, 1.54) is 6.07 Å². The van der Waals surface area contributed by atoms with E-state index >= 15 is 0 Å². The molecule has 0 N–H and O–H groups in total. The molecular weight excluding hydrogens is 324 g/mol. The molecule has 0 radical (unpaired) electrons. The molecule has 0 amide bonds. The van der Waals surface area contributed by atoms with Crippen LogP contribution >= 0.6 is 0 Å². The van der Waals surface area contributed by atoms with Crippen LogP contribution in [0.5, 0.6) is 5.88 Å². The highest BCUT2D eigenvalue weighted by atomic mass is 16.5. The van der Waals surface area contributed by atoms with Crippen LogP contribution in [0.25, 0.3) is 16.7 Å². The Balaban J connectivity index is 1.89. The SMILES string of the molecule is Cc1ccc2c(=O)cc(OCc3ccccc3)n(-c3ccccc3)c2n1. The Morgan fingerprint density at radius 3 is 2.35 bits per heavy atom. The molecule has 0 aliphatic heterocycles. The number of fused-ring (bicyclic) bond motifs is 1. The maximum absolute atomic E-state index is 12.6. The van der Waals surface area contributed by atoms with Gasteiger partial charge in [0.05, 0.1) is 11.1 Å². The van der Waals surface area contributed by atoms with E-state index in [1.54, 1.807) is 0 Å². The predicted octanol–water partition coefficient (Wildman–Crippen LogP) is 4.27. The fourth-order valence-corrected chi connectivity index (χ4v) is 2.93. The van der Waals surface area contributed by atoms with Crippen LogP contribution in [0.1, 0.15) is 11.3 Å². The van der Waals surface area contributed by atoms with Gasteiger partial charge in [-0.05, 0) is 36.8 Å². The van der Waals surface area contributed by atoms with Gasteiger partial charge in [-0.3, -0.25) is 9.36 Å². The summed E-state index contributed by atoms with van der Waals surface area (Å²) in [5.74, 6) is 0.482. The molecule has 0 fully saturated rings. The van der Waals surface area contributed by atoms with Crippen molar-refractivity contribution in [1.29, 1.82) is 0 Å². The van der Waals surface area contributed by atoms with Crippen LogP contribution in [0.15, 0.2) is 83.7 Å². The van der Waals surface area contributed by atoms with Crippen molar-refractivity contribution in [3.05, 3.63) is 100 Å². The summed E-state index contributed by atoms with van der Waals surface area (Å²) in [5, 5.41) is 0.575. The fraction of sp³-hybridized carbons (Fsp3) is 0.0909. The number of hydrogen-bond donors (Lipinski definition) is 0. The van der Waals surface area contributed by atoms with Gasteiger partial charge in [0.15, 0.2) is 11.1 Å². The van der Waals surface area contributed by atoms with Crippen molar-refractivity contribution in [2.24, 2.45) is 0 Å². The van der Waals surface area contributed by atoms with Crippen LogP contribution in [-0.2, 0) is 6.61 Å². The zero-order chi connectivity index (χ0) is 17.9. The summed E-state index contributed by atoms with van der Waals surface area (Å²) in [5.41, 5.74) is 3.30. The normalized spacial score (nSPS) is 10.8. The molecule has 4 rings (SSSR count). The third-order valence-corrected chi connectivity index (χ3v) is 4.21. The second kappa shape index (κ2) is 6.84. The molecule has 4 heteroatoms. The number of hydrogen-bond acceptors (Lipinski definition) is 3. The number of nitrogens with zero attached hydrogens (tertiary/aromatic N) is 2. The fourth-order valence-electron chi connectivity index (χ4n) is 2.93. The monoisotopic (exact) mass is 342 g/mol. The van der Waals surface area contributed by atoms with Gasteiger partial charge in [-0.2, -0.15) is 0 Å². The van der Waals surface area contributed by atoms with Gasteiger partial charge in [0.1, 0.15) is 6.61 Å². The maximum Gasteiger partial charge on any atom is 0.204 e. The van der Waals surface area contributed by atoms with Crippen molar-refractivity contribution < 1.29 is 4.74 Å². The van der Waals surface area contributed by atoms with Crippen LogP contribution in [-0.4, -0.2) is 9.55 Å².